The van der Waals surface area contributed by atoms with Crippen molar-refractivity contribution in [2.45, 2.75) is 77.3 Å². The fraction of sp³-hybridized carbons (Fsp3) is 0.444. The number of hydrogen-bond acceptors (Lipinski definition) is 6. The highest BCUT2D eigenvalue weighted by atomic mass is 32.2. The van der Waals surface area contributed by atoms with Gasteiger partial charge in [0, 0.05) is 28.6 Å². The number of rotatable bonds is 6. The van der Waals surface area contributed by atoms with Gasteiger partial charge in [-0.2, -0.15) is 0 Å². The van der Waals surface area contributed by atoms with Gasteiger partial charge in [0.25, 0.3) is 5.56 Å². The van der Waals surface area contributed by atoms with Crippen molar-refractivity contribution in [3.63, 3.8) is 0 Å². The normalized spacial score (nSPS) is 13.8. The van der Waals surface area contributed by atoms with E-state index in [9.17, 15) is 9.59 Å². The summed E-state index contributed by atoms with van der Waals surface area (Å²) in [5.74, 6) is 1.04. The number of hydrogen-bond donors (Lipinski definition) is 0. The number of thiophene rings is 1. The number of aryl methyl sites for hydroxylation is 4. The van der Waals surface area contributed by atoms with E-state index in [-0.39, 0.29) is 11.2 Å². The van der Waals surface area contributed by atoms with E-state index in [0.29, 0.717) is 23.8 Å². The highest BCUT2D eigenvalue weighted by Crippen LogP contribution is 2.35. The second-order valence-electron chi connectivity index (χ2n) is 9.69. The standard InChI is InChI=1S/C27H30N2O3S2/c1-15(2)11-12-29-26(31)23-20-7-5-6-8-21(20)34-25(23)28-27(29)33-14-18-13-22(30)32-24-17(4)16(3)9-10-19(18)24/h9-10,13,15H,5-8,11-12,14H2,1-4H3. The van der Waals surface area contributed by atoms with Crippen LogP contribution in [-0.4, -0.2) is 9.55 Å². The van der Waals surface area contributed by atoms with Gasteiger partial charge in [-0.3, -0.25) is 9.36 Å². The minimum atomic E-state index is -0.344. The number of benzene rings is 1. The molecule has 0 saturated heterocycles. The third-order valence-corrected chi connectivity index (χ3v) is 9.05. The van der Waals surface area contributed by atoms with Crippen LogP contribution in [-0.2, 0) is 25.1 Å². The fourth-order valence-electron chi connectivity index (χ4n) is 4.70. The first-order chi connectivity index (χ1) is 16.3. The third-order valence-electron chi connectivity index (χ3n) is 6.84. The minimum Gasteiger partial charge on any atom is -0.422 e. The lowest BCUT2D eigenvalue weighted by atomic mass is 9.97. The van der Waals surface area contributed by atoms with E-state index in [4.69, 9.17) is 9.40 Å². The molecule has 0 spiro atoms. The maximum Gasteiger partial charge on any atom is 0.336 e. The maximum absolute atomic E-state index is 13.7. The molecule has 0 radical (unpaired) electrons. The molecular formula is C27H30N2O3S2. The van der Waals surface area contributed by atoms with Gasteiger partial charge in [0.15, 0.2) is 5.16 Å². The van der Waals surface area contributed by atoms with Gasteiger partial charge in [-0.05, 0) is 74.1 Å². The van der Waals surface area contributed by atoms with Gasteiger partial charge in [0.05, 0.1) is 5.39 Å². The molecule has 5 rings (SSSR count). The maximum atomic E-state index is 13.7. The van der Waals surface area contributed by atoms with Crippen LogP contribution < -0.4 is 11.2 Å². The molecule has 1 aliphatic carbocycles. The molecule has 7 heteroatoms. The minimum absolute atomic E-state index is 0.0939. The van der Waals surface area contributed by atoms with E-state index in [1.807, 2.05) is 24.5 Å². The highest BCUT2D eigenvalue weighted by Gasteiger charge is 2.22. The monoisotopic (exact) mass is 494 g/mol. The Kier molecular flexibility index (Phi) is 6.42. The lowest BCUT2D eigenvalue weighted by molar-refractivity contribution is 0.481. The van der Waals surface area contributed by atoms with E-state index < -0.39 is 0 Å². The second kappa shape index (κ2) is 9.34. The molecule has 0 saturated carbocycles. The van der Waals surface area contributed by atoms with Crippen molar-refractivity contribution in [2.24, 2.45) is 5.92 Å². The van der Waals surface area contributed by atoms with Crippen LogP contribution in [0.1, 0.15) is 60.2 Å². The number of aromatic nitrogens is 2. The fourth-order valence-corrected chi connectivity index (χ4v) is 7.02. The molecule has 34 heavy (non-hydrogen) atoms. The van der Waals surface area contributed by atoms with Crippen molar-refractivity contribution in [1.82, 2.24) is 9.55 Å². The molecule has 1 aromatic carbocycles. The first-order valence-electron chi connectivity index (χ1n) is 12.0. The van der Waals surface area contributed by atoms with Gasteiger partial charge in [-0.15, -0.1) is 11.3 Å². The molecule has 0 amide bonds. The molecule has 0 N–H and O–H groups in total. The summed E-state index contributed by atoms with van der Waals surface area (Å²) in [6.45, 7) is 9.01. The van der Waals surface area contributed by atoms with Crippen molar-refractivity contribution in [3.05, 3.63) is 66.1 Å². The first-order valence-corrected chi connectivity index (χ1v) is 13.8. The molecule has 1 aliphatic rings. The van der Waals surface area contributed by atoms with Crippen LogP contribution in [0.4, 0.5) is 0 Å². The molecule has 4 aromatic rings. The molecule has 0 fully saturated rings. The van der Waals surface area contributed by atoms with Gasteiger partial charge in [0.2, 0.25) is 0 Å². The van der Waals surface area contributed by atoms with E-state index >= 15 is 0 Å². The Morgan fingerprint density at radius 2 is 1.97 bits per heavy atom. The van der Waals surface area contributed by atoms with Crippen LogP contribution in [0.25, 0.3) is 21.2 Å². The molecule has 3 heterocycles. The Morgan fingerprint density at radius 3 is 2.76 bits per heavy atom. The topological polar surface area (TPSA) is 65.1 Å². The predicted molar refractivity (Wildman–Crippen MR) is 141 cm³/mol. The molecule has 0 unspecified atom stereocenters. The third kappa shape index (κ3) is 4.24. The average Bonchev–Trinajstić information content (AvgIpc) is 3.18. The number of thioether (sulfide) groups is 1. The van der Waals surface area contributed by atoms with Gasteiger partial charge in [-0.1, -0.05) is 37.7 Å². The van der Waals surface area contributed by atoms with Crippen LogP contribution in [0.2, 0.25) is 0 Å². The average molecular weight is 495 g/mol. The Balaban J connectivity index is 1.58. The van der Waals surface area contributed by atoms with Crippen molar-refractivity contribution in [2.75, 3.05) is 0 Å². The lowest BCUT2D eigenvalue weighted by Gasteiger charge is -2.15. The number of fused-ring (bicyclic) bond motifs is 4. The van der Waals surface area contributed by atoms with Crippen molar-refractivity contribution in [1.29, 1.82) is 0 Å². The number of nitrogens with zero attached hydrogens (tertiary/aromatic N) is 2. The van der Waals surface area contributed by atoms with Gasteiger partial charge < -0.3 is 4.42 Å². The van der Waals surface area contributed by atoms with Crippen LogP contribution in [0.15, 0.2) is 37.4 Å². The van der Waals surface area contributed by atoms with Crippen LogP contribution in [0.3, 0.4) is 0 Å². The molecule has 0 atom stereocenters. The zero-order valence-electron chi connectivity index (χ0n) is 20.2. The summed E-state index contributed by atoms with van der Waals surface area (Å²) in [6, 6.07) is 5.65. The Hall–Kier alpha value is -2.38. The van der Waals surface area contributed by atoms with Crippen LogP contribution >= 0.6 is 23.1 Å². The van der Waals surface area contributed by atoms with E-state index in [2.05, 4.69) is 19.9 Å². The summed E-state index contributed by atoms with van der Waals surface area (Å²) in [5.41, 5.74) is 4.62. The zero-order chi connectivity index (χ0) is 24.0. The lowest BCUT2D eigenvalue weighted by Crippen LogP contribution is -2.24. The summed E-state index contributed by atoms with van der Waals surface area (Å²) < 4.78 is 7.42. The van der Waals surface area contributed by atoms with E-state index in [1.54, 1.807) is 17.4 Å². The van der Waals surface area contributed by atoms with Crippen LogP contribution in [0, 0.1) is 19.8 Å². The van der Waals surface area contributed by atoms with E-state index in [0.717, 1.165) is 63.1 Å². The van der Waals surface area contributed by atoms with E-state index in [1.165, 1.54) is 28.6 Å². The smallest absolute Gasteiger partial charge is 0.336 e. The Labute approximate surface area is 207 Å². The van der Waals surface area contributed by atoms with Crippen molar-refractivity contribution in [3.8, 4) is 0 Å². The molecular weight excluding hydrogens is 464 g/mol. The van der Waals surface area contributed by atoms with Crippen molar-refractivity contribution >= 4 is 44.3 Å². The van der Waals surface area contributed by atoms with Gasteiger partial charge >= 0.3 is 5.63 Å². The molecule has 178 valence electrons. The van der Waals surface area contributed by atoms with Crippen LogP contribution in [0.5, 0.6) is 0 Å². The second-order valence-corrected chi connectivity index (χ2v) is 11.7. The largest absolute Gasteiger partial charge is 0.422 e. The Morgan fingerprint density at radius 1 is 1.18 bits per heavy atom. The summed E-state index contributed by atoms with van der Waals surface area (Å²) in [6.07, 6.45) is 5.28. The zero-order valence-corrected chi connectivity index (χ0v) is 21.8. The quantitative estimate of drug-likeness (QED) is 0.176. The predicted octanol–water partition coefficient (Wildman–Crippen LogP) is 6.40. The Bertz CT molecular complexity index is 1510. The SMILES string of the molecule is Cc1ccc2c(CSc3nc4sc5c(c4c(=O)n3CCC(C)C)CCCC5)cc(=O)oc2c1C. The molecule has 0 bridgehead atoms. The van der Waals surface area contributed by atoms with Gasteiger partial charge in [0.1, 0.15) is 10.4 Å². The first kappa shape index (κ1) is 23.4. The molecule has 3 aromatic heterocycles. The summed E-state index contributed by atoms with van der Waals surface area (Å²) in [7, 11) is 0. The van der Waals surface area contributed by atoms with Crippen molar-refractivity contribution < 1.29 is 4.42 Å². The molecule has 0 aliphatic heterocycles. The summed E-state index contributed by atoms with van der Waals surface area (Å²) in [5, 5.41) is 2.52. The van der Waals surface area contributed by atoms with Gasteiger partial charge in [-0.25, -0.2) is 9.78 Å². The molecule has 5 nitrogen and oxygen atoms in total. The summed E-state index contributed by atoms with van der Waals surface area (Å²) >= 11 is 3.23. The highest BCUT2D eigenvalue weighted by molar-refractivity contribution is 7.98. The summed E-state index contributed by atoms with van der Waals surface area (Å²) in [4.78, 5) is 33.2.